The van der Waals surface area contributed by atoms with E-state index in [-0.39, 0.29) is 11.3 Å². The number of hydrogen-bond donors (Lipinski definition) is 2. The first-order valence-electron chi connectivity index (χ1n) is 11.0. The first-order valence-corrected chi connectivity index (χ1v) is 11.0. The average molecular weight is 402 g/mol. The van der Waals surface area contributed by atoms with Crippen LogP contribution in [-0.2, 0) is 0 Å². The quantitative estimate of drug-likeness (QED) is 0.537. The van der Waals surface area contributed by atoms with Crippen LogP contribution in [-0.4, -0.2) is 19.6 Å². The molecular weight excluding hydrogens is 366 g/mol. The Morgan fingerprint density at radius 2 is 1.50 bits per heavy atom. The van der Waals surface area contributed by atoms with Gasteiger partial charge in [0.1, 0.15) is 0 Å². The Morgan fingerprint density at radius 3 is 2.00 bits per heavy atom. The van der Waals surface area contributed by atoms with E-state index in [1.54, 1.807) is 0 Å². The number of hydrogen-bond acceptors (Lipinski definition) is 3. The lowest BCUT2D eigenvalue weighted by molar-refractivity contribution is 0.413. The zero-order valence-electron chi connectivity index (χ0n) is 18.1. The molecule has 30 heavy (non-hydrogen) atoms. The van der Waals surface area contributed by atoms with Gasteiger partial charge < -0.3 is 16.4 Å². The molecule has 3 heteroatoms. The van der Waals surface area contributed by atoms with Gasteiger partial charge in [0.2, 0.25) is 0 Å². The second-order valence-electron chi connectivity index (χ2n) is 8.05. The van der Waals surface area contributed by atoms with E-state index in [4.69, 9.17) is 11.5 Å². The largest absolute Gasteiger partial charge is 0.349 e. The number of benzene rings is 2. The summed E-state index contributed by atoms with van der Waals surface area (Å²) in [4.78, 5) is 2.15. The zero-order chi connectivity index (χ0) is 21.4. The molecule has 3 rings (SSSR count). The lowest BCUT2D eigenvalue weighted by Crippen LogP contribution is -2.26. The molecule has 2 aromatic rings. The van der Waals surface area contributed by atoms with E-state index in [2.05, 4.69) is 97.3 Å². The molecule has 0 saturated heterocycles. The van der Waals surface area contributed by atoms with Crippen molar-refractivity contribution in [2.75, 3.05) is 24.5 Å². The van der Waals surface area contributed by atoms with Gasteiger partial charge in [-0.3, -0.25) is 0 Å². The summed E-state index contributed by atoms with van der Waals surface area (Å²) in [5, 5.41) is 0. The third kappa shape index (κ3) is 4.92. The summed E-state index contributed by atoms with van der Waals surface area (Å²) < 4.78 is 0. The minimum absolute atomic E-state index is 0.00329. The number of allylic oxidation sites excluding steroid dienone is 4. The van der Waals surface area contributed by atoms with Crippen LogP contribution in [0.4, 0.5) is 5.69 Å². The van der Waals surface area contributed by atoms with E-state index in [9.17, 15) is 0 Å². The third-order valence-corrected chi connectivity index (χ3v) is 6.21. The highest BCUT2D eigenvalue weighted by Gasteiger charge is 2.29. The molecule has 0 fully saturated rings. The summed E-state index contributed by atoms with van der Waals surface area (Å²) in [6.45, 7) is 8.29. The van der Waals surface area contributed by atoms with E-state index >= 15 is 0 Å². The molecule has 1 atom stereocenters. The molecule has 1 aliphatic rings. The van der Waals surface area contributed by atoms with E-state index in [0.29, 0.717) is 19.0 Å². The van der Waals surface area contributed by atoms with Gasteiger partial charge in [-0.25, -0.2) is 0 Å². The minimum Gasteiger partial charge on any atom is -0.349 e. The second-order valence-corrected chi connectivity index (χ2v) is 8.05. The first-order chi connectivity index (χ1) is 14.7. The van der Waals surface area contributed by atoms with Crippen LogP contribution in [0.15, 0.2) is 91.7 Å². The Kier molecular flexibility index (Phi) is 7.67. The third-order valence-electron chi connectivity index (χ3n) is 6.21. The first kappa shape index (κ1) is 22.1. The highest BCUT2D eigenvalue weighted by atomic mass is 15.1. The molecular formula is C27H35N3. The highest BCUT2D eigenvalue weighted by molar-refractivity contribution is 5.51. The van der Waals surface area contributed by atoms with Crippen molar-refractivity contribution in [3.63, 3.8) is 0 Å². The van der Waals surface area contributed by atoms with E-state index in [1.165, 1.54) is 16.8 Å². The molecule has 2 aromatic carbocycles. The van der Waals surface area contributed by atoms with Gasteiger partial charge in [0.25, 0.3) is 0 Å². The summed E-state index contributed by atoms with van der Waals surface area (Å²) in [6, 6.07) is 19.7. The summed E-state index contributed by atoms with van der Waals surface area (Å²) >= 11 is 0. The number of nitrogens with zero attached hydrogens (tertiary/aromatic N) is 1. The summed E-state index contributed by atoms with van der Waals surface area (Å²) in [5.74, 6) is 0.559. The fraction of sp³-hybridized carbons (Fsp3) is 0.333. The van der Waals surface area contributed by atoms with Crippen molar-refractivity contribution >= 4 is 5.69 Å². The lowest BCUT2D eigenvalue weighted by Gasteiger charge is -2.33. The van der Waals surface area contributed by atoms with Gasteiger partial charge in [0.15, 0.2) is 0 Å². The van der Waals surface area contributed by atoms with Crippen molar-refractivity contribution in [1.29, 1.82) is 0 Å². The maximum atomic E-state index is 5.89. The highest BCUT2D eigenvalue weighted by Crippen LogP contribution is 2.41. The molecule has 0 bridgehead atoms. The van der Waals surface area contributed by atoms with Crippen molar-refractivity contribution in [2.45, 2.75) is 25.7 Å². The molecule has 4 N–H and O–H groups in total. The summed E-state index contributed by atoms with van der Waals surface area (Å²) in [5.41, 5.74) is 15.6. The summed E-state index contributed by atoms with van der Waals surface area (Å²) in [6.07, 6.45) is 13.2. The van der Waals surface area contributed by atoms with Crippen molar-refractivity contribution in [2.24, 2.45) is 22.8 Å². The molecule has 3 nitrogen and oxygen atoms in total. The maximum absolute atomic E-state index is 5.89. The monoisotopic (exact) mass is 401 g/mol. The molecule has 1 aliphatic carbocycles. The van der Waals surface area contributed by atoms with Crippen LogP contribution in [0.3, 0.4) is 0 Å². The molecule has 0 saturated carbocycles. The Balaban J connectivity index is 1.94. The van der Waals surface area contributed by atoms with Crippen LogP contribution >= 0.6 is 0 Å². The fourth-order valence-electron chi connectivity index (χ4n) is 4.53. The van der Waals surface area contributed by atoms with Crippen LogP contribution in [0.25, 0.3) is 0 Å². The Labute approximate surface area is 181 Å². The fourth-order valence-corrected chi connectivity index (χ4v) is 4.53. The van der Waals surface area contributed by atoms with Crippen LogP contribution in [0.1, 0.15) is 36.8 Å². The molecule has 0 aliphatic heterocycles. The van der Waals surface area contributed by atoms with Crippen LogP contribution in [0, 0.1) is 11.3 Å². The van der Waals surface area contributed by atoms with E-state index in [1.807, 2.05) is 6.20 Å². The van der Waals surface area contributed by atoms with Gasteiger partial charge in [-0.05, 0) is 62.3 Å². The Bertz CT molecular complexity index is 829. The van der Waals surface area contributed by atoms with Crippen LogP contribution < -0.4 is 16.4 Å². The zero-order valence-corrected chi connectivity index (χ0v) is 18.1. The smallest absolute Gasteiger partial charge is 0.0405 e. The Hall–Kier alpha value is -2.62. The van der Waals surface area contributed by atoms with E-state index in [0.717, 1.165) is 19.4 Å². The predicted octanol–water partition coefficient (Wildman–Crippen LogP) is 5.21. The van der Waals surface area contributed by atoms with E-state index < -0.39 is 0 Å². The van der Waals surface area contributed by atoms with Crippen LogP contribution in [0.2, 0.25) is 0 Å². The summed E-state index contributed by atoms with van der Waals surface area (Å²) in [7, 11) is 0. The molecule has 0 amide bonds. The van der Waals surface area contributed by atoms with Gasteiger partial charge in [-0.15, -0.1) is 0 Å². The number of nitrogens with two attached hydrogens (primary N) is 2. The molecule has 0 unspecified atom stereocenters. The van der Waals surface area contributed by atoms with Crippen molar-refractivity contribution in [1.82, 2.24) is 0 Å². The number of rotatable bonds is 10. The molecule has 0 heterocycles. The average Bonchev–Trinajstić information content (AvgIpc) is 2.78. The minimum atomic E-state index is -0.00329. The van der Waals surface area contributed by atoms with Crippen molar-refractivity contribution in [3.8, 4) is 0 Å². The van der Waals surface area contributed by atoms with Gasteiger partial charge in [0.05, 0.1) is 0 Å². The molecule has 0 spiro atoms. The lowest BCUT2D eigenvalue weighted by atomic mass is 9.72. The number of anilines is 1. The van der Waals surface area contributed by atoms with Gasteiger partial charge >= 0.3 is 0 Å². The van der Waals surface area contributed by atoms with Crippen LogP contribution in [0.5, 0.6) is 0 Å². The molecule has 158 valence electrons. The standard InChI is InChI=1S/C27H35N3/c1-3-30(4-2)25-12-10-23(11-13-25)26(22-8-6-5-7-9-22)24-14-16-27(17-15-24,18-20-28)19-21-29/h3,5-17,24,26H,1,4,18-21,28-29H2,2H3/t26-/m1/s1. The van der Waals surface area contributed by atoms with Crippen molar-refractivity contribution in [3.05, 3.63) is 103 Å². The van der Waals surface area contributed by atoms with Crippen molar-refractivity contribution < 1.29 is 0 Å². The topological polar surface area (TPSA) is 55.3 Å². The maximum Gasteiger partial charge on any atom is 0.0405 e. The van der Waals surface area contributed by atoms with Gasteiger partial charge in [0, 0.05) is 29.5 Å². The van der Waals surface area contributed by atoms with Gasteiger partial charge in [-0.1, -0.05) is 73.3 Å². The predicted molar refractivity (Wildman–Crippen MR) is 129 cm³/mol. The second kappa shape index (κ2) is 10.4. The van der Waals surface area contributed by atoms with Gasteiger partial charge in [-0.2, -0.15) is 0 Å². The Morgan fingerprint density at radius 1 is 0.933 bits per heavy atom. The SMILES string of the molecule is C=CN(CC)c1ccc([C@@H](c2ccccc2)C2C=CC(CCN)(CCN)C=C2)cc1. The normalized spacial score (nSPS) is 16.4. The molecule has 0 radical (unpaired) electrons. The molecule has 0 aromatic heterocycles.